The van der Waals surface area contributed by atoms with Crippen molar-refractivity contribution in [1.29, 1.82) is 0 Å². The Bertz CT molecular complexity index is 681. The maximum absolute atomic E-state index is 12.7. The lowest BCUT2D eigenvalue weighted by atomic mass is 10.1. The number of hydrogen-bond acceptors (Lipinski definition) is 4. The van der Waals surface area contributed by atoms with Crippen LogP contribution in [0.4, 0.5) is 5.95 Å². The fourth-order valence-corrected chi connectivity index (χ4v) is 2.76. The highest BCUT2D eigenvalue weighted by Crippen LogP contribution is 2.15. The molecule has 0 saturated heterocycles. The number of aromatic nitrogens is 2. The van der Waals surface area contributed by atoms with Crippen LogP contribution >= 0.6 is 0 Å². The Labute approximate surface area is 150 Å². The molecular formula is C20H28N4O. The summed E-state index contributed by atoms with van der Waals surface area (Å²) in [6.07, 6.45) is 2.04. The number of aryl methyl sites for hydroxylation is 1. The number of hydrogen-bond donors (Lipinski definition) is 1. The van der Waals surface area contributed by atoms with Crippen molar-refractivity contribution in [1.82, 2.24) is 15.3 Å². The fourth-order valence-electron chi connectivity index (χ4n) is 2.76. The second-order valence-electron chi connectivity index (χ2n) is 6.29. The van der Waals surface area contributed by atoms with E-state index in [1.54, 1.807) is 6.07 Å². The maximum atomic E-state index is 12.7. The van der Waals surface area contributed by atoms with E-state index in [2.05, 4.69) is 34.0 Å². The number of amides is 1. The molecule has 1 heterocycles. The van der Waals surface area contributed by atoms with Gasteiger partial charge in [-0.1, -0.05) is 44.2 Å². The molecule has 0 aliphatic heterocycles. The first-order valence-electron chi connectivity index (χ1n) is 9.01. The summed E-state index contributed by atoms with van der Waals surface area (Å²) < 4.78 is 0. The van der Waals surface area contributed by atoms with Crippen LogP contribution in [0.25, 0.3) is 0 Å². The molecule has 134 valence electrons. The van der Waals surface area contributed by atoms with E-state index in [0.717, 1.165) is 37.2 Å². The van der Waals surface area contributed by atoms with Gasteiger partial charge >= 0.3 is 0 Å². The predicted octanol–water partition coefficient (Wildman–Crippen LogP) is 3.90. The lowest BCUT2D eigenvalue weighted by molar-refractivity contribution is 0.0934. The van der Waals surface area contributed by atoms with Gasteiger partial charge in [0.05, 0.1) is 6.04 Å². The van der Waals surface area contributed by atoms with Gasteiger partial charge in [-0.2, -0.15) is 0 Å². The van der Waals surface area contributed by atoms with Crippen LogP contribution in [0.5, 0.6) is 0 Å². The van der Waals surface area contributed by atoms with E-state index < -0.39 is 0 Å². The highest BCUT2D eigenvalue weighted by Gasteiger charge is 2.16. The number of benzene rings is 1. The van der Waals surface area contributed by atoms with Crippen LogP contribution in [-0.2, 0) is 0 Å². The molecule has 0 radical (unpaired) electrons. The minimum Gasteiger partial charge on any atom is -0.344 e. The normalized spacial score (nSPS) is 11.8. The number of nitrogens with one attached hydrogen (secondary N) is 1. The van der Waals surface area contributed by atoms with Crippen LogP contribution in [0, 0.1) is 6.92 Å². The Morgan fingerprint density at radius 2 is 1.76 bits per heavy atom. The third-order valence-corrected chi connectivity index (χ3v) is 3.99. The molecule has 0 bridgehead atoms. The van der Waals surface area contributed by atoms with Crippen molar-refractivity contribution >= 4 is 11.9 Å². The minimum atomic E-state index is -0.170. The number of rotatable bonds is 8. The van der Waals surface area contributed by atoms with Crippen molar-refractivity contribution in [3.8, 4) is 0 Å². The fraction of sp³-hybridized carbons (Fsp3) is 0.450. The van der Waals surface area contributed by atoms with E-state index in [1.165, 1.54) is 0 Å². The van der Waals surface area contributed by atoms with Crippen LogP contribution < -0.4 is 10.2 Å². The Morgan fingerprint density at radius 3 is 2.36 bits per heavy atom. The van der Waals surface area contributed by atoms with Crippen molar-refractivity contribution in [3.63, 3.8) is 0 Å². The number of carbonyl (C=O) groups is 1. The summed E-state index contributed by atoms with van der Waals surface area (Å²) >= 11 is 0. The van der Waals surface area contributed by atoms with Crippen molar-refractivity contribution < 1.29 is 4.79 Å². The standard InChI is InChI=1S/C20H28N4O/c1-5-12-24(13-6-2)20-21-15(3)14-18(23-20)19(25)22-16(4)17-10-8-7-9-11-17/h7-11,14,16H,5-6,12-13H2,1-4H3,(H,22,25). The zero-order valence-electron chi connectivity index (χ0n) is 15.6. The Hall–Kier alpha value is -2.43. The van der Waals surface area contributed by atoms with E-state index in [-0.39, 0.29) is 11.9 Å². The molecular weight excluding hydrogens is 312 g/mol. The van der Waals surface area contributed by atoms with Gasteiger partial charge in [-0.05, 0) is 38.3 Å². The highest BCUT2D eigenvalue weighted by atomic mass is 16.1. The van der Waals surface area contributed by atoms with Crippen LogP contribution in [0.2, 0.25) is 0 Å². The summed E-state index contributed by atoms with van der Waals surface area (Å²) in [6.45, 7) is 9.92. The lowest BCUT2D eigenvalue weighted by Gasteiger charge is -2.22. The first kappa shape index (κ1) is 18.9. The van der Waals surface area contributed by atoms with Gasteiger partial charge in [0.2, 0.25) is 5.95 Å². The molecule has 0 fully saturated rings. The zero-order valence-corrected chi connectivity index (χ0v) is 15.6. The molecule has 1 aromatic carbocycles. The van der Waals surface area contributed by atoms with Gasteiger partial charge in [0.25, 0.3) is 5.91 Å². The monoisotopic (exact) mass is 340 g/mol. The summed E-state index contributed by atoms with van der Waals surface area (Å²) in [5.74, 6) is 0.470. The number of carbonyl (C=O) groups excluding carboxylic acids is 1. The second-order valence-corrected chi connectivity index (χ2v) is 6.29. The SMILES string of the molecule is CCCN(CCC)c1nc(C)cc(C(=O)NC(C)c2ccccc2)n1. The van der Waals surface area contributed by atoms with Gasteiger partial charge in [0.15, 0.2) is 0 Å². The average molecular weight is 340 g/mol. The molecule has 1 atom stereocenters. The largest absolute Gasteiger partial charge is 0.344 e. The van der Waals surface area contributed by atoms with E-state index in [4.69, 9.17) is 0 Å². The van der Waals surface area contributed by atoms with Gasteiger partial charge in [0.1, 0.15) is 5.69 Å². The third kappa shape index (κ3) is 5.28. The molecule has 1 unspecified atom stereocenters. The molecule has 0 aliphatic rings. The van der Waals surface area contributed by atoms with E-state index in [1.807, 2.05) is 44.2 Å². The number of anilines is 1. The van der Waals surface area contributed by atoms with Gasteiger partial charge in [-0.25, -0.2) is 9.97 Å². The third-order valence-electron chi connectivity index (χ3n) is 3.99. The van der Waals surface area contributed by atoms with Crippen LogP contribution in [0.15, 0.2) is 36.4 Å². The van der Waals surface area contributed by atoms with Crippen LogP contribution in [0.1, 0.15) is 61.4 Å². The lowest BCUT2D eigenvalue weighted by Crippen LogP contribution is -2.30. The van der Waals surface area contributed by atoms with E-state index in [9.17, 15) is 4.79 Å². The predicted molar refractivity (Wildman–Crippen MR) is 102 cm³/mol. The molecule has 0 saturated carbocycles. The molecule has 0 aliphatic carbocycles. The van der Waals surface area contributed by atoms with Crippen molar-refractivity contribution in [3.05, 3.63) is 53.3 Å². The Kier molecular flexibility index (Phi) is 6.92. The van der Waals surface area contributed by atoms with Crippen molar-refractivity contribution in [2.45, 2.75) is 46.6 Å². The average Bonchev–Trinajstić information content (AvgIpc) is 2.61. The minimum absolute atomic E-state index is 0.0743. The van der Waals surface area contributed by atoms with E-state index in [0.29, 0.717) is 11.6 Å². The van der Waals surface area contributed by atoms with Crippen molar-refractivity contribution in [2.24, 2.45) is 0 Å². The first-order valence-corrected chi connectivity index (χ1v) is 9.01. The summed E-state index contributed by atoms with van der Waals surface area (Å²) in [7, 11) is 0. The van der Waals surface area contributed by atoms with Gasteiger partial charge in [-0.3, -0.25) is 4.79 Å². The second kappa shape index (κ2) is 9.16. The van der Waals surface area contributed by atoms with Crippen LogP contribution in [-0.4, -0.2) is 29.0 Å². The highest BCUT2D eigenvalue weighted by molar-refractivity contribution is 5.92. The van der Waals surface area contributed by atoms with E-state index >= 15 is 0 Å². The Balaban J connectivity index is 2.19. The van der Waals surface area contributed by atoms with Crippen molar-refractivity contribution in [2.75, 3.05) is 18.0 Å². The topological polar surface area (TPSA) is 58.1 Å². The van der Waals surface area contributed by atoms with Gasteiger partial charge in [-0.15, -0.1) is 0 Å². The number of nitrogens with zero attached hydrogens (tertiary/aromatic N) is 3. The summed E-state index contributed by atoms with van der Waals surface area (Å²) in [4.78, 5) is 23.8. The summed E-state index contributed by atoms with van der Waals surface area (Å²) in [5.41, 5.74) is 2.29. The first-order chi connectivity index (χ1) is 12.0. The molecule has 1 N–H and O–H groups in total. The maximum Gasteiger partial charge on any atom is 0.270 e. The molecule has 2 aromatic rings. The van der Waals surface area contributed by atoms with Gasteiger partial charge in [0, 0.05) is 18.8 Å². The summed E-state index contributed by atoms with van der Waals surface area (Å²) in [5, 5.41) is 3.02. The molecule has 25 heavy (non-hydrogen) atoms. The molecule has 2 rings (SSSR count). The molecule has 1 amide bonds. The molecule has 5 heteroatoms. The van der Waals surface area contributed by atoms with Crippen LogP contribution in [0.3, 0.4) is 0 Å². The van der Waals surface area contributed by atoms with Gasteiger partial charge < -0.3 is 10.2 Å². The molecule has 1 aromatic heterocycles. The Morgan fingerprint density at radius 1 is 1.12 bits per heavy atom. The quantitative estimate of drug-likeness (QED) is 0.792. The molecule has 5 nitrogen and oxygen atoms in total. The zero-order chi connectivity index (χ0) is 18.2. The smallest absolute Gasteiger partial charge is 0.270 e. The summed E-state index contributed by atoms with van der Waals surface area (Å²) in [6, 6.07) is 11.6. The molecule has 0 spiro atoms.